The number of rotatable bonds is 5. The Bertz CT molecular complexity index is 1000. The van der Waals surface area contributed by atoms with Crippen LogP contribution in [-0.2, 0) is 9.59 Å². The van der Waals surface area contributed by atoms with Crippen molar-refractivity contribution < 1.29 is 14.3 Å². The van der Waals surface area contributed by atoms with Crippen molar-refractivity contribution in [2.75, 3.05) is 23.9 Å². The van der Waals surface area contributed by atoms with Crippen LogP contribution in [0.3, 0.4) is 0 Å². The molecule has 0 unspecified atom stereocenters. The first kappa shape index (κ1) is 18.0. The summed E-state index contributed by atoms with van der Waals surface area (Å²) in [5.74, 6) is -0.608. The molecule has 27 heavy (non-hydrogen) atoms. The van der Waals surface area contributed by atoms with Crippen LogP contribution in [0.2, 0.25) is 0 Å². The normalized spacial score (nSPS) is 14.2. The van der Waals surface area contributed by atoms with Crippen LogP contribution in [0.4, 0.5) is 11.4 Å². The molecule has 6 heteroatoms. The van der Waals surface area contributed by atoms with Crippen LogP contribution >= 0.6 is 0 Å². The van der Waals surface area contributed by atoms with Crippen molar-refractivity contribution in [1.82, 2.24) is 0 Å². The summed E-state index contributed by atoms with van der Waals surface area (Å²) in [6.07, 6.45) is 1.60. The molecular weight excluding hydrogens is 342 g/mol. The van der Waals surface area contributed by atoms with Crippen LogP contribution in [0.15, 0.2) is 66.8 Å². The van der Waals surface area contributed by atoms with Crippen molar-refractivity contribution in [1.29, 1.82) is 5.26 Å². The Morgan fingerprint density at radius 3 is 2.67 bits per heavy atom. The summed E-state index contributed by atoms with van der Waals surface area (Å²) < 4.78 is 5.21. The average Bonchev–Trinajstić information content (AvgIpc) is 2.96. The SMILES string of the molecule is C=CCN1C(=O)/C(=C(\C#N)C(=O)Nc2ccccc2OC)c2ccccc21. The number of hydrogen-bond donors (Lipinski definition) is 1. The Kier molecular flexibility index (Phi) is 5.04. The van der Waals surface area contributed by atoms with Gasteiger partial charge in [-0.15, -0.1) is 6.58 Å². The third-order valence-electron chi connectivity index (χ3n) is 4.18. The monoisotopic (exact) mass is 359 g/mol. The Morgan fingerprint density at radius 1 is 1.26 bits per heavy atom. The highest BCUT2D eigenvalue weighted by Crippen LogP contribution is 2.38. The molecule has 0 saturated heterocycles. The summed E-state index contributed by atoms with van der Waals surface area (Å²) in [4.78, 5) is 27.2. The topological polar surface area (TPSA) is 82.4 Å². The number of hydrogen-bond acceptors (Lipinski definition) is 4. The lowest BCUT2D eigenvalue weighted by Crippen LogP contribution is -2.27. The van der Waals surface area contributed by atoms with Crippen molar-refractivity contribution >= 4 is 28.8 Å². The molecule has 0 radical (unpaired) electrons. The van der Waals surface area contributed by atoms with E-state index in [4.69, 9.17) is 4.74 Å². The number of carbonyl (C=O) groups is 2. The highest BCUT2D eigenvalue weighted by molar-refractivity contribution is 6.37. The van der Waals surface area contributed by atoms with Crippen LogP contribution in [0, 0.1) is 11.3 Å². The zero-order chi connectivity index (χ0) is 19.4. The molecule has 2 amide bonds. The lowest BCUT2D eigenvalue weighted by Gasteiger charge is -2.14. The Hall–Kier alpha value is -3.85. The van der Waals surface area contributed by atoms with E-state index in [-0.39, 0.29) is 17.7 Å². The first-order valence-electron chi connectivity index (χ1n) is 8.23. The standard InChI is InChI=1S/C21H17N3O3/c1-3-12-24-17-10-6-4-8-14(17)19(21(24)26)15(13-22)20(25)23-16-9-5-7-11-18(16)27-2/h3-11H,1,12H2,2H3,(H,23,25)/b19-15+. The van der Waals surface area contributed by atoms with Crippen LogP contribution in [-0.4, -0.2) is 25.5 Å². The number of amides is 2. The quantitative estimate of drug-likeness (QED) is 0.505. The second-order valence-corrected chi connectivity index (χ2v) is 5.74. The van der Waals surface area contributed by atoms with Crippen LogP contribution in [0.5, 0.6) is 5.75 Å². The molecule has 0 aliphatic carbocycles. The molecule has 1 heterocycles. The molecule has 0 bridgehead atoms. The van der Waals surface area contributed by atoms with Gasteiger partial charge in [-0.3, -0.25) is 9.59 Å². The molecule has 0 spiro atoms. The van der Waals surface area contributed by atoms with Crippen molar-refractivity contribution in [2.45, 2.75) is 0 Å². The summed E-state index contributed by atoms with van der Waals surface area (Å²) in [6, 6.07) is 15.8. The fraction of sp³-hybridized carbons (Fsp3) is 0.0952. The van der Waals surface area contributed by atoms with Gasteiger partial charge < -0.3 is 15.0 Å². The predicted molar refractivity (Wildman–Crippen MR) is 103 cm³/mol. The lowest BCUT2D eigenvalue weighted by atomic mass is 10.0. The second-order valence-electron chi connectivity index (χ2n) is 5.74. The zero-order valence-electron chi connectivity index (χ0n) is 14.7. The maximum absolute atomic E-state index is 12.9. The minimum absolute atomic E-state index is 0.0855. The molecule has 2 aromatic rings. The van der Waals surface area contributed by atoms with E-state index in [1.165, 1.54) is 12.0 Å². The van der Waals surface area contributed by atoms with Gasteiger partial charge >= 0.3 is 0 Å². The van der Waals surface area contributed by atoms with Gasteiger partial charge in [0.15, 0.2) is 0 Å². The summed E-state index contributed by atoms with van der Waals surface area (Å²) in [5, 5.41) is 12.3. The van der Waals surface area contributed by atoms with E-state index in [1.807, 2.05) is 6.07 Å². The zero-order valence-corrected chi connectivity index (χ0v) is 14.7. The molecule has 1 aliphatic heterocycles. The lowest BCUT2D eigenvalue weighted by molar-refractivity contribution is -0.114. The molecule has 3 rings (SSSR count). The number of carbonyl (C=O) groups excluding carboxylic acids is 2. The molecule has 2 aromatic carbocycles. The number of nitrogens with one attached hydrogen (secondary N) is 1. The number of benzene rings is 2. The molecule has 0 fully saturated rings. The third-order valence-corrected chi connectivity index (χ3v) is 4.18. The molecule has 0 saturated carbocycles. The van der Waals surface area contributed by atoms with Crippen LogP contribution in [0.25, 0.3) is 5.57 Å². The number of anilines is 2. The number of fused-ring (bicyclic) bond motifs is 1. The van der Waals surface area contributed by atoms with Crippen molar-refractivity contribution in [3.05, 3.63) is 72.3 Å². The van der Waals surface area contributed by atoms with Gasteiger partial charge in [0, 0.05) is 12.1 Å². The van der Waals surface area contributed by atoms with E-state index >= 15 is 0 Å². The first-order valence-corrected chi connectivity index (χ1v) is 8.23. The maximum Gasteiger partial charge on any atom is 0.267 e. The summed E-state index contributed by atoms with van der Waals surface area (Å²) >= 11 is 0. The Labute approximate surface area is 157 Å². The van der Waals surface area contributed by atoms with Gasteiger partial charge in [-0.05, 0) is 18.2 Å². The van der Waals surface area contributed by atoms with Gasteiger partial charge in [0.25, 0.3) is 11.8 Å². The second kappa shape index (κ2) is 7.58. The number of para-hydroxylation sites is 3. The first-order chi connectivity index (χ1) is 13.1. The fourth-order valence-electron chi connectivity index (χ4n) is 2.98. The van der Waals surface area contributed by atoms with Crippen molar-refractivity contribution in [2.24, 2.45) is 0 Å². The van der Waals surface area contributed by atoms with Crippen molar-refractivity contribution in [3.8, 4) is 11.8 Å². The van der Waals surface area contributed by atoms with Gasteiger partial charge in [-0.1, -0.05) is 36.4 Å². The van der Waals surface area contributed by atoms with Crippen LogP contribution < -0.4 is 15.0 Å². The van der Waals surface area contributed by atoms with Crippen LogP contribution in [0.1, 0.15) is 5.56 Å². The maximum atomic E-state index is 12.9. The number of nitrogens with zero attached hydrogens (tertiary/aromatic N) is 2. The number of nitriles is 1. The van der Waals surface area contributed by atoms with Gasteiger partial charge in [0.05, 0.1) is 24.1 Å². The van der Waals surface area contributed by atoms with E-state index in [9.17, 15) is 14.9 Å². The summed E-state index contributed by atoms with van der Waals surface area (Å²) in [7, 11) is 1.48. The molecule has 1 aliphatic rings. The Balaban J connectivity index is 2.07. The molecule has 6 nitrogen and oxygen atoms in total. The smallest absolute Gasteiger partial charge is 0.267 e. The van der Waals surface area contributed by atoms with E-state index in [0.717, 1.165) is 0 Å². The van der Waals surface area contributed by atoms with E-state index in [0.29, 0.717) is 22.7 Å². The molecule has 134 valence electrons. The van der Waals surface area contributed by atoms with Gasteiger partial charge in [0.2, 0.25) is 0 Å². The largest absolute Gasteiger partial charge is 0.495 e. The van der Waals surface area contributed by atoms with E-state index in [1.54, 1.807) is 54.6 Å². The highest BCUT2D eigenvalue weighted by atomic mass is 16.5. The summed E-state index contributed by atoms with van der Waals surface area (Å²) in [5.41, 5.74) is 1.46. The highest BCUT2D eigenvalue weighted by Gasteiger charge is 2.35. The predicted octanol–water partition coefficient (Wildman–Crippen LogP) is 3.14. The summed E-state index contributed by atoms with van der Waals surface area (Å²) in [6.45, 7) is 3.95. The minimum Gasteiger partial charge on any atom is -0.495 e. The van der Waals surface area contributed by atoms with Gasteiger partial charge in [0.1, 0.15) is 17.4 Å². The number of ether oxygens (including phenoxy) is 1. The Morgan fingerprint density at radius 2 is 1.96 bits per heavy atom. The third kappa shape index (κ3) is 3.18. The fourth-order valence-corrected chi connectivity index (χ4v) is 2.98. The molecule has 0 aromatic heterocycles. The van der Waals surface area contributed by atoms with Gasteiger partial charge in [-0.25, -0.2) is 0 Å². The van der Waals surface area contributed by atoms with E-state index in [2.05, 4.69) is 11.9 Å². The van der Waals surface area contributed by atoms with E-state index < -0.39 is 11.8 Å². The van der Waals surface area contributed by atoms with Crippen molar-refractivity contribution in [3.63, 3.8) is 0 Å². The minimum atomic E-state index is -0.666. The molecule has 1 N–H and O–H groups in total. The average molecular weight is 359 g/mol. The van der Waals surface area contributed by atoms with Gasteiger partial charge in [-0.2, -0.15) is 5.26 Å². The number of methoxy groups -OCH3 is 1. The molecular formula is C21H17N3O3. The molecule has 0 atom stereocenters.